The van der Waals surface area contributed by atoms with E-state index >= 15 is 0 Å². The molecule has 2 aliphatic rings. The first-order chi connectivity index (χ1) is 21.2. The van der Waals surface area contributed by atoms with Crippen molar-refractivity contribution in [1.82, 2.24) is 19.2 Å². The lowest BCUT2D eigenvalue weighted by Crippen LogP contribution is -2.47. The van der Waals surface area contributed by atoms with Crippen LogP contribution in [-0.2, 0) is 19.7 Å². The van der Waals surface area contributed by atoms with Crippen molar-refractivity contribution in [1.29, 1.82) is 5.26 Å². The Morgan fingerprint density at radius 2 is 1.98 bits per heavy atom. The summed E-state index contributed by atoms with van der Waals surface area (Å²) < 4.78 is 61.0. The molecule has 1 spiro atoms. The number of hydrogen-bond acceptors (Lipinski definition) is 9. The summed E-state index contributed by atoms with van der Waals surface area (Å²) in [6, 6.07) is 8.91. The van der Waals surface area contributed by atoms with Gasteiger partial charge < -0.3 is 19.1 Å². The summed E-state index contributed by atoms with van der Waals surface area (Å²) in [4.78, 5) is 23.6. The van der Waals surface area contributed by atoms with Gasteiger partial charge >= 0.3 is 16.3 Å². The number of hydrogen-bond donors (Lipinski definition) is 1. The molecule has 0 unspecified atom stereocenters. The van der Waals surface area contributed by atoms with Crippen molar-refractivity contribution in [2.45, 2.75) is 64.1 Å². The number of benzene rings is 2. The summed E-state index contributed by atoms with van der Waals surface area (Å²) in [6.07, 6.45) is 3.53. The number of ether oxygens (including phenoxy) is 3. The van der Waals surface area contributed by atoms with Crippen LogP contribution in [0.1, 0.15) is 64.1 Å². The Bertz CT molecular complexity index is 1750. The number of nitrogens with zero attached hydrogens (tertiary/aromatic N) is 5. The van der Waals surface area contributed by atoms with E-state index < -0.39 is 27.4 Å². The molecule has 240 valence electrons. The second kappa shape index (κ2) is 12.4. The number of fused-ring (bicyclic) bond motifs is 1. The first-order valence-electron chi connectivity index (χ1n) is 14.8. The highest BCUT2D eigenvalue weighted by Crippen LogP contribution is 2.43. The maximum absolute atomic E-state index is 14.9. The molecule has 0 radical (unpaired) electrons. The summed E-state index contributed by atoms with van der Waals surface area (Å²) in [6.45, 7) is 8.96. The topological polar surface area (TPSA) is 147 Å². The SMILES string of the molecule is CCN(C)S(=O)(=O)Nc1ccc(F)c(Oc2ccc3ncc([C@H]4COC5(CCN(C(=O)OC(C)(C)C)CC5)C4)nc3c2)c1C#N. The highest BCUT2D eigenvalue weighted by Gasteiger charge is 2.44. The fourth-order valence-corrected chi connectivity index (χ4v) is 6.37. The van der Waals surface area contributed by atoms with E-state index in [4.69, 9.17) is 19.2 Å². The van der Waals surface area contributed by atoms with E-state index in [1.165, 1.54) is 13.1 Å². The van der Waals surface area contributed by atoms with Gasteiger partial charge in [-0.15, -0.1) is 0 Å². The number of nitrogens with one attached hydrogen (secondary N) is 1. The van der Waals surface area contributed by atoms with Crippen LogP contribution >= 0.6 is 0 Å². The fraction of sp³-hybridized carbons (Fsp3) is 0.484. The molecule has 0 saturated carbocycles. The summed E-state index contributed by atoms with van der Waals surface area (Å²) >= 11 is 0. The van der Waals surface area contributed by atoms with Gasteiger partial charge in [-0.25, -0.2) is 14.2 Å². The summed E-state index contributed by atoms with van der Waals surface area (Å²) in [5.41, 5.74) is 0.531. The van der Waals surface area contributed by atoms with Crippen LogP contribution < -0.4 is 9.46 Å². The number of piperidine rings is 1. The zero-order valence-corrected chi connectivity index (χ0v) is 26.8. The third kappa shape index (κ3) is 7.11. The molecule has 14 heteroatoms. The molecule has 1 amide bonds. The monoisotopic (exact) mass is 640 g/mol. The van der Waals surface area contributed by atoms with Crippen LogP contribution in [-0.4, -0.2) is 78.2 Å². The Balaban J connectivity index is 1.32. The molecule has 3 heterocycles. The first-order valence-corrected chi connectivity index (χ1v) is 16.2. The molecule has 5 rings (SSSR count). The fourth-order valence-electron chi connectivity index (χ4n) is 5.43. The smallest absolute Gasteiger partial charge is 0.410 e. The number of amides is 1. The number of likely N-dealkylation sites (tertiary alicyclic amines) is 1. The van der Waals surface area contributed by atoms with Gasteiger partial charge in [-0.05, 0) is 64.3 Å². The normalized spacial score (nSPS) is 18.3. The Labute approximate surface area is 262 Å². The van der Waals surface area contributed by atoms with Gasteiger partial charge in [0.2, 0.25) is 0 Å². The third-order valence-corrected chi connectivity index (χ3v) is 9.58. The number of nitriles is 1. The molecule has 3 aromatic rings. The molecule has 2 saturated heterocycles. The summed E-state index contributed by atoms with van der Waals surface area (Å²) in [5, 5.41) is 9.81. The molecule has 1 aromatic heterocycles. The molecular formula is C31H37FN6O6S. The molecule has 0 bridgehead atoms. The van der Waals surface area contributed by atoms with Crippen LogP contribution in [0.5, 0.6) is 11.5 Å². The predicted molar refractivity (Wildman–Crippen MR) is 165 cm³/mol. The molecule has 1 atom stereocenters. The van der Waals surface area contributed by atoms with Gasteiger partial charge in [0.15, 0.2) is 11.6 Å². The number of aromatic nitrogens is 2. The van der Waals surface area contributed by atoms with E-state index in [0.717, 1.165) is 22.5 Å². The highest BCUT2D eigenvalue weighted by atomic mass is 32.2. The summed E-state index contributed by atoms with van der Waals surface area (Å²) in [5.74, 6) is -1.05. The van der Waals surface area contributed by atoms with Gasteiger partial charge in [0.25, 0.3) is 0 Å². The van der Waals surface area contributed by atoms with E-state index in [-0.39, 0.29) is 41.2 Å². The van der Waals surface area contributed by atoms with Gasteiger partial charge in [0.1, 0.15) is 23.0 Å². The Morgan fingerprint density at radius 1 is 1.24 bits per heavy atom. The summed E-state index contributed by atoms with van der Waals surface area (Å²) in [7, 11) is -2.58. The number of rotatable bonds is 7. The van der Waals surface area contributed by atoms with Crippen molar-refractivity contribution in [3.8, 4) is 17.6 Å². The van der Waals surface area contributed by atoms with Crippen molar-refractivity contribution < 1.29 is 31.8 Å². The van der Waals surface area contributed by atoms with Crippen LogP contribution in [0.3, 0.4) is 0 Å². The number of anilines is 1. The average Bonchev–Trinajstić information content (AvgIpc) is 3.40. The molecule has 1 N–H and O–H groups in total. The molecular weight excluding hydrogens is 603 g/mol. The van der Waals surface area contributed by atoms with Crippen LogP contribution in [0.4, 0.5) is 14.9 Å². The van der Waals surface area contributed by atoms with E-state index in [9.17, 15) is 22.9 Å². The zero-order valence-electron chi connectivity index (χ0n) is 26.0. The van der Waals surface area contributed by atoms with Gasteiger partial charge in [-0.2, -0.15) is 18.0 Å². The minimum atomic E-state index is -3.96. The second-order valence-electron chi connectivity index (χ2n) is 12.3. The van der Waals surface area contributed by atoms with Crippen LogP contribution in [0, 0.1) is 17.1 Å². The molecule has 2 aromatic carbocycles. The zero-order chi connectivity index (χ0) is 32.6. The third-order valence-electron chi connectivity index (χ3n) is 8.02. The molecule has 2 fully saturated rings. The number of carbonyl (C=O) groups is 1. The Hall–Kier alpha value is -4.06. The average molecular weight is 641 g/mol. The first kappa shape index (κ1) is 32.3. The van der Waals surface area contributed by atoms with Crippen molar-refractivity contribution >= 4 is 33.0 Å². The van der Waals surface area contributed by atoms with E-state index in [0.29, 0.717) is 43.6 Å². The Kier molecular flexibility index (Phi) is 8.90. The number of carbonyl (C=O) groups excluding carboxylic acids is 1. The second-order valence-corrected chi connectivity index (χ2v) is 14.1. The van der Waals surface area contributed by atoms with Crippen molar-refractivity contribution in [3.05, 3.63) is 53.6 Å². The van der Waals surface area contributed by atoms with Crippen molar-refractivity contribution in [3.63, 3.8) is 0 Å². The minimum absolute atomic E-state index is 0.00635. The largest absolute Gasteiger partial charge is 0.453 e. The lowest BCUT2D eigenvalue weighted by molar-refractivity contribution is -0.0485. The van der Waals surface area contributed by atoms with Gasteiger partial charge in [-0.1, -0.05) is 6.92 Å². The molecule has 2 aliphatic heterocycles. The van der Waals surface area contributed by atoms with E-state index in [1.807, 2.05) is 26.8 Å². The van der Waals surface area contributed by atoms with E-state index in [1.54, 1.807) is 36.2 Å². The van der Waals surface area contributed by atoms with E-state index in [2.05, 4.69) is 9.71 Å². The lowest BCUT2D eigenvalue weighted by Gasteiger charge is -2.39. The van der Waals surface area contributed by atoms with Gasteiger partial charge in [0, 0.05) is 44.9 Å². The van der Waals surface area contributed by atoms with Gasteiger partial charge in [-0.3, -0.25) is 9.71 Å². The van der Waals surface area contributed by atoms with Crippen molar-refractivity contribution in [2.75, 3.05) is 38.0 Å². The predicted octanol–water partition coefficient (Wildman–Crippen LogP) is 5.31. The standard InChI is InChI=1S/C31H37FN6O6S/c1-6-37(5)45(40,41)36-24-10-8-23(32)28(22(24)17-33)43-21-7-9-25-26(15-21)35-27(18-34-25)20-16-31(42-19-20)11-13-38(14-12-31)29(39)44-30(2,3)4/h7-10,15,18,20,36H,6,11-14,16,19H2,1-5H3/t20-/m1/s1. The lowest BCUT2D eigenvalue weighted by atomic mass is 9.84. The molecule has 0 aliphatic carbocycles. The Morgan fingerprint density at radius 3 is 2.64 bits per heavy atom. The highest BCUT2D eigenvalue weighted by molar-refractivity contribution is 7.90. The molecule has 12 nitrogen and oxygen atoms in total. The van der Waals surface area contributed by atoms with Crippen LogP contribution in [0.2, 0.25) is 0 Å². The minimum Gasteiger partial charge on any atom is -0.453 e. The van der Waals surface area contributed by atoms with Crippen molar-refractivity contribution in [2.24, 2.45) is 0 Å². The quantitative estimate of drug-likeness (QED) is 0.363. The maximum Gasteiger partial charge on any atom is 0.410 e. The van der Waals surface area contributed by atoms with Gasteiger partial charge in [0.05, 0.1) is 34.6 Å². The van der Waals surface area contributed by atoms with Crippen LogP contribution in [0.15, 0.2) is 36.5 Å². The molecule has 45 heavy (non-hydrogen) atoms. The van der Waals surface area contributed by atoms with Crippen LogP contribution in [0.25, 0.3) is 11.0 Å². The number of halogens is 1. The maximum atomic E-state index is 14.9.